The highest BCUT2D eigenvalue weighted by atomic mass is 16.5. The molecule has 12 heteroatoms. The number of ether oxygens (including phenoxy) is 1. The summed E-state index contributed by atoms with van der Waals surface area (Å²) in [6.07, 6.45) is 4.22. The van der Waals surface area contributed by atoms with Gasteiger partial charge in [0.25, 0.3) is 5.91 Å². The maximum atomic E-state index is 14.2. The highest BCUT2D eigenvalue weighted by molar-refractivity contribution is 5.98. The van der Waals surface area contributed by atoms with Crippen LogP contribution in [0.4, 0.5) is 0 Å². The van der Waals surface area contributed by atoms with E-state index in [9.17, 15) is 24.0 Å². The summed E-state index contributed by atoms with van der Waals surface area (Å²) in [5.74, 6) is -2.49. The highest BCUT2D eigenvalue weighted by Crippen LogP contribution is 2.35. The van der Waals surface area contributed by atoms with Crippen molar-refractivity contribution < 1.29 is 33.2 Å². The van der Waals surface area contributed by atoms with Crippen molar-refractivity contribution in [1.29, 1.82) is 0 Å². The summed E-state index contributed by atoms with van der Waals surface area (Å²) in [5, 5.41) is 12.4. The zero-order chi connectivity index (χ0) is 31.8. The van der Waals surface area contributed by atoms with Gasteiger partial charge < -0.3 is 30.1 Å². The van der Waals surface area contributed by atoms with Crippen molar-refractivity contribution in [1.82, 2.24) is 26.0 Å². The topological polar surface area (TPSA) is 160 Å². The van der Waals surface area contributed by atoms with Crippen LogP contribution in [0.5, 0.6) is 0 Å². The Balaban J connectivity index is 1.61. The fraction of sp³-hybridized carbons (Fsp3) is 0.500. The molecular formula is C32H41N5O7. The van der Waals surface area contributed by atoms with E-state index < -0.39 is 35.9 Å². The van der Waals surface area contributed by atoms with Gasteiger partial charge in [-0.2, -0.15) is 0 Å². The third-order valence-corrected chi connectivity index (χ3v) is 8.04. The van der Waals surface area contributed by atoms with E-state index in [1.807, 2.05) is 44.2 Å². The van der Waals surface area contributed by atoms with Crippen LogP contribution in [0, 0.1) is 18.8 Å². The number of nitrogens with zero attached hydrogens (tertiary/aromatic N) is 2. The van der Waals surface area contributed by atoms with Crippen molar-refractivity contribution in [3.05, 3.63) is 65.6 Å². The minimum Gasteiger partial charge on any atom is -0.463 e. The molecule has 3 N–H and O–H groups in total. The molecule has 0 radical (unpaired) electrons. The first kappa shape index (κ1) is 32.4. The number of hydrogen-bond acceptors (Lipinski definition) is 8. The lowest BCUT2D eigenvalue weighted by Gasteiger charge is -2.33. The molecule has 0 spiro atoms. The second kappa shape index (κ2) is 14.8. The van der Waals surface area contributed by atoms with Crippen molar-refractivity contribution in [3.8, 4) is 0 Å². The monoisotopic (exact) mass is 607 g/mol. The molecule has 0 aliphatic carbocycles. The number of rotatable bonds is 12. The standard InChI is InChI=1S/C32H41N5O7/c1-5-43-26(38)12-11-23(18-22-13-15-33-29(22)39)34-31(41)28-24(21-9-7-6-8-10-21)14-16-37(28)32(42)27(19(2)3)35-30(40)25-17-20(4)44-36-25/h6-12,17,19,22-24,27-28H,5,13-16,18H2,1-4H3,(H,33,39)(H,34,41)(H,35,40)/b12-11+/t22-,23+,24+,27-,28-/m0/s1. The molecule has 3 heterocycles. The van der Waals surface area contributed by atoms with Crippen LogP contribution in [0.3, 0.4) is 0 Å². The molecule has 1 aromatic heterocycles. The Morgan fingerprint density at radius 1 is 1.16 bits per heavy atom. The van der Waals surface area contributed by atoms with Gasteiger partial charge in [-0.1, -0.05) is 55.4 Å². The molecule has 1 aromatic carbocycles. The van der Waals surface area contributed by atoms with Crippen LogP contribution < -0.4 is 16.0 Å². The third kappa shape index (κ3) is 7.91. The van der Waals surface area contributed by atoms with E-state index in [1.54, 1.807) is 13.8 Å². The minimum atomic E-state index is -0.925. The molecule has 2 saturated heterocycles. The maximum Gasteiger partial charge on any atom is 0.330 e. The normalized spacial score (nSPS) is 21.2. The molecule has 2 aromatic rings. The van der Waals surface area contributed by atoms with Crippen LogP contribution in [-0.2, 0) is 23.9 Å². The average Bonchev–Trinajstić information content (AvgIpc) is 3.74. The van der Waals surface area contributed by atoms with Gasteiger partial charge in [-0.05, 0) is 44.6 Å². The first-order valence-corrected chi connectivity index (χ1v) is 15.1. The van der Waals surface area contributed by atoms with Gasteiger partial charge in [0.1, 0.15) is 17.8 Å². The average molecular weight is 608 g/mol. The summed E-state index contributed by atoms with van der Waals surface area (Å²) in [6.45, 7) is 8.05. The molecule has 0 saturated carbocycles. The van der Waals surface area contributed by atoms with Gasteiger partial charge >= 0.3 is 5.97 Å². The first-order valence-electron chi connectivity index (χ1n) is 15.1. The van der Waals surface area contributed by atoms with Gasteiger partial charge in [-0.3, -0.25) is 19.2 Å². The largest absolute Gasteiger partial charge is 0.463 e. The van der Waals surface area contributed by atoms with Crippen molar-refractivity contribution >= 4 is 29.6 Å². The van der Waals surface area contributed by atoms with E-state index in [0.29, 0.717) is 31.7 Å². The number of benzene rings is 1. The number of hydrogen-bond donors (Lipinski definition) is 3. The molecule has 2 fully saturated rings. The molecule has 2 aliphatic rings. The number of amides is 4. The quantitative estimate of drug-likeness (QED) is 0.245. The van der Waals surface area contributed by atoms with Gasteiger partial charge in [0.2, 0.25) is 17.7 Å². The summed E-state index contributed by atoms with van der Waals surface area (Å²) < 4.78 is 10.0. The third-order valence-electron chi connectivity index (χ3n) is 8.04. The van der Waals surface area contributed by atoms with Gasteiger partial charge in [-0.15, -0.1) is 0 Å². The fourth-order valence-electron chi connectivity index (χ4n) is 5.81. The molecule has 44 heavy (non-hydrogen) atoms. The van der Waals surface area contributed by atoms with Crippen molar-refractivity contribution in [2.45, 2.75) is 71.0 Å². The number of carbonyl (C=O) groups excluding carboxylic acids is 5. The lowest BCUT2D eigenvalue weighted by Crippen LogP contribution is -2.57. The first-order chi connectivity index (χ1) is 21.1. The number of aromatic nitrogens is 1. The zero-order valence-electron chi connectivity index (χ0n) is 25.6. The van der Waals surface area contributed by atoms with Crippen LogP contribution in [-0.4, -0.2) is 77.5 Å². The van der Waals surface area contributed by atoms with Gasteiger partial charge in [0.05, 0.1) is 6.61 Å². The summed E-state index contributed by atoms with van der Waals surface area (Å²) in [6, 6.07) is 8.51. The van der Waals surface area contributed by atoms with E-state index in [-0.39, 0.29) is 48.3 Å². The zero-order valence-corrected chi connectivity index (χ0v) is 25.6. The number of carbonyl (C=O) groups is 5. The number of likely N-dealkylation sites (tertiary alicyclic amines) is 1. The SMILES string of the molecule is CCOC(=O)/C=C/[C@H](C[C@@H]1CCNC1=O)NC(=O)[C@@H]1[C@@H](c2ccccc2)CCN1C(=O)[C@@H](NC(=O)c1cc(C)on1)C(C)C. The van der Waals surface area contributed by atoms with Crippen LogP contribution >= 0.6 is 0 Å². The number of aryl methyl sites for hydroxylation is 1. The van der Waals surface area contributed by atoms with E-state index >= 15 is 0 Å². The molecule has 2 aliphatic heterocycles. The van der Waals surface area contributed by atoms with E-state index in [4.69, 9.17) is 9.26 Å². The molecular weight excluding hydrogens is 566 g/mol. The minimum absolute atomic E-state index is 0.0611. The predicted octanol–water partition coefficient (Wildman–Crippen LogP) is 2.25. The van der Waals surface area contributed by atoms with Crippen LogP contribution in [0.15, 0.2) is 53.1 Å². The molecule has 0 bridgehead atoms. The summed E-state index contributed by atoms with van der Waals surface area (Å²) in [4.78, 5) is 67.2. The Morgan fingerprint density at radius 3 is 2.52 bits per heavy atom. The van der Waals surface area contributed by atoms with E-state index in [0.717, 1.165) is 5.56 Å². The number of nitrogens with one attached hydrogen (secondary N) is 3. The molecule has 4 rings (SSSR count). The molecule has 236 valence electrons. The molecule has 0 unspecified atom stereocenters. The number of esters is 1. The smallest absolute Gasteiger partial charge is 0.330 e. The Hall–Kier alpha value is -4.48. The van der Waals surface area contributed by atoms with Crippen LogP contribution in [0.2, 0.25) is 0 Å². The summed E-state index contributed by atoms with van der Waals surface area (Å²) >= 11 is 0. The van der Waals surface area contributed by atoms with Crippen molar-refractivity contribution in [2.75, 3.05) is 19.7 Å². The van der Waals surface area contributed by atoms with Gasteiger partial charge in [0.15, 0.2) is 5.69 Å². The van der Waals surface area contributed by atoms with Crippen LogP contribution in [0.1, 0.15) is 67.8 Å². The van der Waals surface area contributed by atoms with E-state index in [1.165, 1.54) is 23.1 Å². The van der Waals surface area contributed by atoms with Gasteiger partial charge in [0, 0.05) is 43.1 Å². The Labute approximate surface area is 256 Å². The Morgan fingerprint density at radius 2 is 1.91 bits per heavy atom. The Bertz CT molecular complexity index is 1370. The maximum absolute atomic E-state index is 14.2. The molecule has 12 nitrogen and oxygen atoms in total. The second-order valence-electron chi connectivity index (χ2n) is 11.5. The summed E-state index contributed by atoms with van der Waals surface area (Å²) in [5.41, 5.74) is 0.964. The van der Waals surface area contributed by atoms with Crippen molar-refractivity contribution in [2.24, 2.45) is 11.8 Å². The fourth-order valence-corrected chi connectivity index (χ4v) is 5.81. The van der Waals surface area contributed by atoms with E-state index in [2.05, 4.69) is 21.1 Å². The van der Waals surface area contributed by atoms with Crippen molar-refractivity contribution in [3.63, 3.8) is 0 Å². The van der Waals surface area contributed by atoms with Crippen LogP contribution in [0.25, 0.3) is 0 Å². The molecule has 4 amide bonds. The molecule has 5 atom stereocenters. The predicted molar refractivity (Wildman–Crippen MR) is 160 cm³/mol. The highest BCUT2D eigenvalue weighted by Gasteiger charge is 2.45. The lowest BCUT2D eigenvalue weighted by atomic mass is 9.90. The van der Waals surface area contributed by atoms with Gasteiger partial charge in [-0.25, -0.2) is 4.79 Å². The lowest BCUT2D eigenvalue weighted by molar-refractivity contribution is -0.141. The summed E-state index contributed by atoms with van der Waals surface area (Å²) in [7, 11) is 0. The second-order valence-corrected chi connectivity index (χ2v) is 11.5. The Kier molecular flexibility index (Phi) is 10.9.